The second kappa shape index (κ2) is 11.6. The van der Waals surface area contributed by atoms with Gasteiger partial charge in [-0.3, -0.25) is 23.7 Å². The zero-order chi connectivity index (χ0) is 32.3. The number of thioether (sulfide) groups is 1. The van der Waals surface area contributed by atoms with Gasteiger partial charge in [-0.15, -0.1) is 0 Å². The van der Waals surface area contributed by atoms with E-state index in [0.717, 1.165) is 57.0 Å². The van der Waals surface area contributed by atoms with Crippen LogP contribution in [0.2, 0.25) is 0 Å². The average molecular weight is 725 g/mol. The quantitative estimate of drug-likeness (QED) is 0.193. The summed E-state index contributed by atoms with van der Waals surface area (Å²) in [7, 11) is 0. The Balaban J connectivity index is 1.28. The Hall–Kier alpha value is -4.20. The number of fused-ring (bicyclic) bond motifs is 3. The summed E-state index contributed by atoms with van der Waals surface area (Å²) in [5.41, 5.74) is 0.0599. The number of imide groups is 1. The van der Waals surface area contributed by atoms with Crippen LogP contribution in [0.15, 0.2) is 105 Å². The molecule has 0 saturated carbocycles. The largest absolute Gasteiger partial charge is 0.416 e. The molecule has 7 nitrogen and oxygen atoms in total. The topological polar surface area (TPSA) is 88.5 Å². The summed E-state index contributed by atoms with van der Waals surface area (Å²) in [6, 6.07) is 24.3. The summed E-state index contributed by atoms with van der Waals surface area (Å²) in [6.45, 7) is -0.344. The van der Waals surface area contributed by atoms with Crippen LogP contribution < -0.4 is 15.1 Å². The molecule has 232 valence electrons. The van der Waals surface area contributed by atoms with Gasteiger partial charge in [-0.05, 0) is 47.3 Å². The van der Waals surface area contributed by atoms with E-state index in [4.69, 9.17) is 0 Å². The van der Waals surface area contributed by atoms with Crippen molar-refractivity contribution in [3.63, 3.8) is 0 Å². The number of amides is 3. The molecular weight excluding hydrogens is 703 g/mol. The zero-order valence-corrected chi connectivity index (χ0v) is 26.7. The Labute approximate surface area is 276 Å². The minimum absolute atomic E-state index is 0.178. The molecular formula is C33H21BrF3N3O4S2. The standard InChI is InChI=1S/C33H21BrF3N3O4S2/c34-20-10-3-8-18(14-20)25-26-27(30(43)40(29(26)42)21-11-5-9-19(15-21)33(35,36)37)45-31-28(25)46-32(44)39(31)16-24(41)38-23-13-4-7-17-6-1-2-12-22(17)23/h1-15,25-27H,16H2,(H,38,41). The SMILES string of the molecule is O=C(Cn1c2c(sc1=O)C(c1cccc(Br)c1)C1C(=O)N(c3cccc(C(F)(F)F)c3)C(=O)C1S2)Nc1cccc2ccccc12. The fourth-order valence-corrected chi connectivity index (χ4v) is 9.25. The van der Waals surface area contributed by atoms with Crippen LogP contribution in [0.5, 0.6) is 0 Å². The minimum Gasteiger partial charge on any atom is -0.324 e. The number of rotatable bonds is 5. The van der Waals surface area contributed by atoms with Gasteiger partial charge in [0.05, 0.1) is 22.2 Å². The predicted molar refractivity (Wildman–Crippen MR) is 174 cm³/mol. The first kappa shape index (κ1) is 30.5. The van der Waals surface area contributed by atoms with Crippen molar-refractivity contribution in [1.29, 1.82) is 0 Å². The van der Waals surface area contributed by atoms with E-state index in [-0.39, 0.29) is 12.2 Å². The Kier molecular flexibility index (Phi) is 7.65. The maximum Gasteiger partial charge on any atom is 0.416 e. The lowest BCUT2D eigenvalue weighted by Gasteiger charge is -2.30. The summed E-state index contributed by atoms with van der Waals surface area (Å²) in [5, 5.41) is 3.98. The van der Waals surface area contributed by atoms with Gasteiger partial charge in [-0.25, -0.2) is 4.90 Å². The molecule has 3 amide bonds. The number of carbonyl (C=O) groups is 3. The molecule has 0 spiro atoms. The highest BCUT2D eigenvalue weighted by atomic mass is 79.9. The molecule has 4 aromatic carbocycles. The van der Waals surface area contributed by atoms with E-state index in [1.54, 1.807) is 30.3 Å². The van der Waals surface area contributed by atoms with Crippen LogP contribution in [-0.2, 0) is 27.1 Å². The number of alkyl halides is 3. The Bertz CT molecular complexity index is 2120. The van der Waals surface area contributed by atoms with Crippen molar-refractivity contribution in [3.8, 4) is 0 Å². The fourth-order valence-electron chi connectivity index (χ4n) is 6.06. The number of halogens is 4. The number of hydrogen-bond donors (Lipinski definition) is 1. The van der Waals surface area contributed by atoms with E-state index in [1.807, 2.05) is 36.4 Å². The fraction of sp³-hybridized carbons (Fsp3) is 0.152. The van der Waals surface area contributed by atoms with E-state index in [9.17, 15) is 32.3 Å². The molecule has 46 heavy (non-hydrogen) atoms. The van der Waals surface area contributed by atoms with Gasteiger partial charge in [0.15, 0.2) is 0 Å². The first-order chi connectivity index (χ1) is 22.0. The summed E-state index contributed by atoms with van der Waals surface area (Å²) in [5.74, 6) is -3.55. The summed E-state index contributed by atoms with van der Waals surface area (Å²) < 4.78 is 42.6. The maximum absolute atomic E-state index is 14.0. The number of anilines is 2. The molecule has 2 aliphatic rings. The van der Waals surface area contributed by atoms with Crippen molar-refractivity contribution in [2.24, 2.45) is 5.92 Å². The van der Waals surface area contributed by atoms with Gasteiger partial charge < -0.3 is 5.32 Å². The van der Waals surface area contributed by atoms with Gasteiger partial charge in [-0.2, -0.15) is 13.2 Å². The smallest absolute Gasteiger partial charge is 0.324 e. The van der Waals surface area contributed by atoms with E-state index in [2.05, 4.69) is 21.2 Å². The van der Waals surface area contributed by atoms with Crippen LogP contribution in [0.3, 0.4) is 0 Å². The molecule has 0 radical (unpaired) electrons. The molecule has 0 aliphatic carbocycles. The summed E-state index contributed by atoms with van der Waals surface area (Å²) in [4.78, 5) is 55.6. The molecule has 1 aromatic heterocycles. The molecule has 0 bridgehead atoms. The lowest BCUT2D eigenvalue weighted by Crippen LogP contribution is -2.33. The molecule has 7 rings (SSSR count). The second-order valence-corrected chi connectivity index (χ2v) is 13.9. The van der Waals surface area contributed by atoms with E-state index < -0.39 is 51.4 Å². The van der Waals surface area contributed by atoms with Crippen molar-refractivity contribution in [2.75, 3.05) is 10.2 Å². The number of benzene rings is 4. The molecule has 13 heteroatoms. The van der Waals surface area contributed by atoms with Crippen LogP contribution in [-0.4, -0.2) is 27.5 Å². The normalized spacial score (nSPS) is 19.3. The van der Waals surface area contributed by atoms with Crippen molar-refractivity contribution < 1.29 is 27.6 Å². The van der Waals surface area contributed by atoms with Crippen molar-refractivity contribution >= 4 is 78.9 Å². The highest BCUT2D eigenvalue weighted by Crippen LogP contribution is 2.54. The molecule has 5 aromatic rings. The van der Waals surface area contributed by atoms with Crippen LogP contribution in [0.1, 0.15) is 21.9 Å². The number of carbonyl (C=O) groups excluding carboxylic acids is 3. The van der Waals surface area contributed by atoms with Crippen LogP contribution >= 0.6 is 39.0 Å². The van der Waals surface area contributed by atoms with Gasteiger partial charge >= 0.3 is 11.0 Å². The van der Waals surface area contributed by atoms with Gasteiger partial charge in [0, 0.05) is 26.3 Å². The average Bonchev–Trinajstić information content (AvgIpc) is 3.47. The number of nitrogens with one attached hydrogen (secondary N) is 1. The highest BCUT2D eigenvalue weighted by Gasteiger charge is 2.57. The van der Waals surface area contributed by atoms with Crippen molar-refractivity contribution in [2.45, 2.75) is 28.9 Å². The Morgan fingerprint density at radius 1 is 0.891 bits per heavy atom. The summed E-state index contributed by atoms with van der Waals surface area (Å²) >= 11 is 5.34. The molecule has 1 fully saturated rings. The summed E-state index contributed by atoms with van der Waals surface area (Å²) in [6.07, 6.45) is -4.67. The Morgan fingerprint density at radius 2 is 1.63 bits per heavy atom. The zero-order valence-electron chi connectivity index (χ0n) is 23.5. The number of hydrogen-bond acceptors (Lipinski definition) is 6. The van der Waals surface area contributed by atoms with Gasteiger partial charge in [0.2, 0.25) is 17.7 Å². The number of nitrogens with zero attached hydrogens (tertiary/aromatic N) is 2. The van der Waals surface area contributed by atoms with Gasteiger partial charge in [0.25, 0.3) is 0 Å². The first-order valence-corrected chi connectivity index (χ1v) is 16.5. The minimum atomic E-state index is -4.67. The van der Waals surface area contributed by atoms with Crippen molar-refractivity contribution in [3.05, 3.63) is 121 Å². The molecule has 1 saturated heterocycles. The number of aromatic nitrogens is 1. The first-order valence-electron chi connectivity index (χ1n) is 14.0. The van der Waals surface area contributed by atoms with Crippen molar-refractivity contribution in [1.82, 2.24) is 4.57 Å². The van der Waals surface area contributed by atoms with E-state index in [0.29, 0.717) is 25.6 Å². The third kappa shape index (κ3) is 5.25. The maximum atomic E-state index is 14.0. The van der Waals surface area contributed by atoms with Crippen LogP contribution in [0.25, 0.3) is 10.8 Å². The highest BCUT2D eigenvalue weighted by molar-refractivity contribution is 9.10. The molecule has 3 atom stereocenters. The second-order valence-electron chi connectivity index (χ2n) is 10.9. The molecule has 1 N–H and O–H groups in total. The monoisotopic (exact) mass is 723 g/mol. The lowest BCUT2D eigenvalue weighted by molar-refractivity contribution is -0.137. The third-order valence-corrected chi connectivity index (χ3v) is 11.2. The van der Waals surface area contributed by atoms with Crippen LogP contribution in [0, 0.1) is 5.92 Å². The molecule has 3 heterocycles. The molecule has 3 unspecified atom stereocenters. The lowest BCUT2D eigenvalue weighted by atomic mass is 9.83. The van der Waals surface area contributed by atoms with Gasteiger partial charge in [-0.1, -0.05) is 93.6 Å². The number of thiazole rings is 1. The Morgan fingerprint density at radius 3 is 2.41 bits per heavy atom. The predicted octanol–water partition coefficient (Wildman–Crippen LogP) is 7.28. The van der Waals surface area contributed by atoms with Crippen LogP contribution in [0.4, 0.5) is 24.5 Å². The third-order valence-electron chi connectivity index (χ3n) is 8.05. The van der Waals surface area contributed by atoms with Gasteiger partial charge in [0.1, 0.15) is 11.8 Å². The van der Waals surface area contributed by atoms with E-state index >= 15 is 0 Å². The van der Waals surface area contributed by atoms with E-state index in [1.165, 1.54) is 10.6 Å². The molecule has 2 aliphatic heterocycles.